The van der Waals surface area contributed by atoms with E-state index in [1.54, 1.807) is 14.0 Å². The summed E-state index contributed by atoms with van der Waals surface area (Å²) in [4.78, 5) is 14.4. The third kappa shape index (κ3) is 3.63. The van der Waals surface area contributed by atoms with E-state index in [1.807, 2.05) is 54.3 Å². The van der Waals surface area contributed by atoms with Gasteiger partial charge >= 0.3 is 0 Å². The normalized spacial score (nSPS) is 17.1. The Morgan fingerprint density at radius 1 is 1.15 bits per heavy atom. The number of carbonyl (C=O) groups is 1. The van der Waals surface area contributed by atoms with E-state index in [1.165, 1.54) is 0 Å². The van der Waals surface area contributed by atoms with Gasteiger partial charge in [-0.3, -0.25) is 4.79 Å². The summed E-state index contributed by atoms with van der Waals surface area (Å²) in [6, 6.07) is 17.6. The lowest BCUT2D eigenvalue weighted by atomic mass is 9.92. The van der Waals surface area contributed by atoms with Crippen LogP contribution in [0.5, 0.6) is 5.75 Å². The monoisotopic (exact) mass is 366 g/mol. The Morgan fingerprint density at radius 3 is 2.38 bits per heavy atom. The van der Waals surface area contributed by atoms with Crippen LogP contribution in [0, 0.1) is 0 Å². The molecule has 1 heterocycles. The number of ether oxygens (including phenoxy) is 1. The molecule has 2 aromatic carbocycles. The van der Waals surface area contributed by atoms with Crippen molar-refractivity contribution < 1.29 is 9.53 Å². The maximum Gasteiger partial charge on any atom is 0.174 e. The van der Waals surface area contributed by atoms with Gasteiger partial charge in [0.2, 0.25) is 0 Å². The van der Waals surface area contributed by atoms with Gasteiger partial charge < -0.3 is 15.0 Å². The topological polar surface area (TPSA) is 41.6 Å². The van der Waals surface area contributed by atoms with Gasteiger partial charge in [-0.2, -0.15) is 0 Å². The molecule has 26 heavy (non-hydrogen) atoms. The van der Waals surface area contributed by atoms with Gasteiger partial charge in [0.25, 0.3) is 0 Å². The van der Waals surface area contributed by atoms with Crippen molar-refractivity contribution in [1.29, 1.82) is 0 Å². The molecule has 0 amide bonds. The Hall–Kier alpha value is -2.66. The first kappa shape index (κ1) is 18.1. The zero-order chi connectivity index (χ0) is 18.7. The zero-order valence-electron chi connectivity index (χ0n) is 15.2. The fourth-order valence-electron chi connectivity index (χ4n) is 3.24. The number of rotatable bonds is 5. The van der Waals surface area contributed by atoms with Crippen LogP contribution in [-0.4, -0.2) is 22.9 Å². The lowest BCUT2D eigenvalue weighted by molar-refractivity contribution is -0.114. The number of Topliss-reactive ketones (excluding diaryl/α,β-unsaturated/α-hetero) is 1. The molecule has 134 valence electrons. The minimum Gasteiger partial charge on any atom is -0.497 e. The zero-order valence-corrected chi connectivity index (χ0v) is 16.0. The Balaban J connectivity index is 1.98. The van der Waals surface area contributed by atoms with Crippen molar-refractivity contribution in [1.82, 2.24) is 10.2 Å². The maximum atomic E-state index is 12.4. The van der Waals surface area contributed by atoms with E-state index in [0.29, 0.717) is 11.7 Å². The van der Waals surface area contributed by atoms with Crippen molar-refractivity contribution in [2.24, 2.45) is 0 Å². The summed E-state index contributed by atoms with van der Waals surface area (Å²) in [6.45, 7) is 4.19. The molecule has 1 N–H and O–H groups in total. The number of ketones is 1. The molecule has 1 unspecified atom stereocenters. The standard InChI is InChI=1S/C21H22N2O2S/c1-14-19(15(2)24)20(17-9-11-18(25-3)12-10-17)22-21(26)23(14)13-16-7-5-4-6-8-16/h4-12,20H,13H2,1-3H3,(H,22,26). The van der Waals surface area contributed by atoms with Gasteiger partial charge in [-0.1, -0.05) is 42.5 Å². The number of nitrogens with zero attached hydrogens (tertiary/aromatic N) is 1. The molecule has 0 radical (unpaired) electrons. The molecule has 5 heteroatoms. The van der Waals surface area contributed by atoms with E-state index >= 15 is 0 Å². The molecule has 1 atom stereocenters. The summed E-state index contributed by atoms with van der Waals surface area (Å²) in [6.07, 6.45) is 0. The molecule has 1 aliphatic heterocycles. The molecule has 0 fully saturated rings. The molecule has 0 bridgehead atoms. The summed E-state index contributed by atoms with van der Waals surface area (Å²) in [5.41, 5.74) is 3.75. The van der Waals surface area contributed by atoms with E-state index in [2.05, 4.69) is 17.4 Å². The SMILES string of the molecule is COc1ccc(C2NC(=S)N(Cc3ccccc3)C(C)=C2C(C)=O)cc1. The highest BCUT2D eigenvalue weighted by molar-refractivity contribution is 7.80. The molecule has 0 saturated carbocycles. The second-order valence-electron chi connectivity index (χ2n) is 6.28. The molecule has 0 saturated heterocycles. The van der Waals surface area contributed by atoms with Crippen LogP contribution in [0.4, 0.5) is 0 Å². The van der Waals surface area contributed by atoms with Gasteiger partial charge in [0.15, 0.2) is 10.9 Å². The summed E-state index contributed by atoms with van der Waals surface area (Å²) in [7, 11) is 1.63. The van der Waals surface area contributed by atoms with E-state index in [0.717, 1.165) is 28.1 Å². The Bertz CT molecular complexity index is 844. The number of hydrogen-bond acceptors (Lipinski definition) is 3. The molecular weight excluding hydrogens is 344 g/mol. The van der Waals surface area contributed by atoms with Gasteiger partial charge in [0, 0.05) is 17.8 Å². The van der Waals surface area contributed by atoms with Crippen molar-refractivity contribution in [2.45, 2.75) is 26.4 Å². The highest BCUT2D eigenvalue weighted by atomic mass is 32.1. The fourth-order valence-corrected chi connectivity index (χ4v) is 3.56. The smallest absolute Gasteiger partial charge is 0.174 e. The molecule has 0 spiro atoms. The molecule has 0 aromatic heterocycles. The number of allylic oxidation sites excluding steroid dienone is 1. The number of methoxy groups -OCH3 is 1. The van der Waals surface area contributed by atoms with Crippen molar-refractivity contribution in [3.05, 3.63) is 77.0 Å². The van der Waals surface area contributed by atoms with Crippen LogP contribution < -0.4 is 10.1 Å². The van der Waals surface area contributed by atoms with Gasteiger partial charge in [-0.25, -0.2) is 0 Å². The molecule has 4 nitrogen and oxygen atoms in total. The quantitative estimate of drug-likeness (QED) is 0.811. The van der Waals surface area contributed by atoms with Crippen LogP contribution in [0.2, 0.25) is 0 Å². The molecule has 2 aromatic rings. The third-order valence-electron chi connectivity index (χ3n) is 4.61. The van der Waals surface area contributed by atoms with Crippen LogP contribution in [-0.2, 0) is 11.3 Å². The second kappa shape index (κ2) is 7.70. The van der Waals surface area contributed by atoms with Crippen molar-refractivity contribution in [3.8, 4) is 5.75 Å². The minimum atomic E-state index is -0.252. The van der Waals surface area contributed by atoms with Crippen LogP contribution in [0.15, 0.2) is 65.9 Å². The second-order valence-corrected chi connectivity index (χ2v) is 6.67. The average molecular weight is 366 g/mol. The largest absolute Gasteiger partial charge is 0.497 e. The Labute approximate surface area is 159 Å². The van der Waals surface area contributed by atoms with E-state index < -0.39 is 0 Å². The van der Waals surface area contributed by atoms with Crippen molar-refractivity contribution >= 4 is 23.1 Å². The number of carbonyl (C=O) groups excluding carboxylic acids is 1. The van der Waals surface area contributed by atoms with E-state index in [4.69, 9.17) is 17.0 Å². The Morgan fingerprint density at radius 2 is 1.81 bits per heavy atom. The first-order valence-electron chi connectivity index (χ1n) is 8.49. The first-order valence-corrected chi connectivity index (χ1v) is 8.89. The summed E-state index contributed by atoms with van der Waals surface area (Å²) in [5.74, 6) is 0.819. The van der Waals surface area contributed by atoms with Crippen LogP contribution >= 0.6 is 12.2 Å². The molecule has 0 aliphatic carbocycles. The lowest BCUT2D eigenvalue weighted by Gasteiger charge is -2.38. The predicted molar refractivity (Wildman–Crippen MR) is 107 cm³/mol. The molecular formula is C21H22N2O2S. The first-order chi connectivity index (χ1) is 12.5. The molecule has 1 aliphatic rings. The van der Waals surface area contributed by atoms with Gasteiger partial charge in [-0.05, 0) is 49.3 Å². The van der Waals surface area contributed by atoms with Crippen molar-refractivity contribution in [3.63, 3.8) is 0 Å². The fraction of sp³-hybridized carbons (Fsp3) is 0.238. The van der Waals surface area contributed by atoms with Crippen LogP contribution in [0.3, 0.4) is 0 Å². The number of thiocarbonyl (C=S) groups is 1. The molecule has 3 rings (SSSR count). The highest BCUT2D eigenvalue weighted by Gasteiger charge is 2.32. The predicted octanol–water partition coefficient (Wildman–Crippen LogP) is 3.99. The third-order valence-corrected chi connectivity index (χ3v) is 4.95. The van der Waals surface area contributed by atoms with E-state index in [9.17, 15) is 4.79 Å². The summed E-state index contributed by atoms with van der Waals surface area (Å²) < 4.78 is 5.22. The van der Waals surface area contributed by atoms with E-state index in [-0.39, 0.29) is 11.8 Å². The number of benzene rings is 2. The average Bonchev–Trinajstić information content (AvgIpc) is 2.65. The van der Waals surface area contributed by atoms with Crippen LogP contribution in [0.25, 0.3) is 0 Å². The van der Waals surface area contributed by atoms with Gasteiger partial charge in [0.1, 0.15) is 5.75 Å². The number of hydrogen-bond donors (Lipinski definition) is 1. The van der Waals surface area contributed by atoms with Crippen molar-refractivity contribution in [2.75, 3.05) is 7.11 Å². The van der Waals surface area contributed by atoms with Gasteiger partial charge in [-0.15, -0.1) is 0 Å². The summed E-state index contributed by atoms with van der Waals surface area (Å²) >= 11 is 5.61. The highest BCUT2D eigenvalue weighted by Crippen LogP contribution is 2.32. The summed E-state index contributed by atoms with van der Waals surface area (Å²) in [5, 5.41) is 3.96. The minimum absolute atomic E-state index is 0.0383. The Kier molecular flexibility index (Phi) is 5.38. The van der Waals surface area contributed by atoms with Gasteiger partial charge in [0.05, 0.1) is 13.2 Å². The number of nitrogens with one attached hydrogen (secondary N) is 1. The van der Waals surface area contributed by atoms with Crippen LogP contribution in [0.1, 0.15) is 31.0 Å². The lowest BCUT2D eigenvalue weighted by Crippen LogP contribution is -2.47. The maximum absolute atomic E-state index is 12.4.